The van der Waals surface area contributed by atoms with Crippen molar-refractivity contribution >= 4 is 23.2 Å². The van der Waals surface area contributed by atoms with Gasteiger partial charge in [0.2, 0.25) is 11.8 Å². The number of hydrogen-bond donors (Lipinski definition) is 3. The van der Waals surface area contributed by atoms with Crippen molar-refractivity contribution in [3.8, 4) is 0 Å². The van der Waals surface area contributed by atoms with Gasteiger partial charge in [0.05, 0.1) is 11.2 Å². The van der Waals surface area contributed by atoms with Gasteiger partial charge in [-0.3, -0.25) is 9.59 Å². The van der Waals surface area contributed by atoms with E-state index in [9.17, 15) is 14.0 Å². The first-order valence-corrected chi connectivity index (χ1v) is 5.58. The van der Waals surface area contributed by atoms with Gasteiger partial charge in [0.25, 0.3) is 0 Å². The van der Waals surface area contributed by atoms with E-state index in [1.165, 1.54) is 25.1 Å². The van der Waals surface area contributed by atoms with Crippen LogP contribution in [0.25, 0.3) is 0 Å². The van der Waals surface area contributed by atoms with Crippen molar-refractivity contribution in [2.45, 2.75) is 25.3 Å². The second-order valence-corrected chi connectivity index (χ2v) is 4.49. The van der Waals surface area contributed by atoms with Gasteiger partial charge in [-0.1, -0.05) is 0 Å². The van der Waals surface area contributed by atoms with Crippen LogP contribution in [0.1, 0.15) is 19.8 Å². The molecular formula is C12H14FN3O2. The molecule has 96 valence electrons. The van der Waals surface area contributed by atoms with E-state index in [4.69, 9.17) is 5.73 Å². The van der Waals surface area contributed by atoms with Gasteiger partial charge < -0.3 is 16.4 Å². The largest absolute Gasteiger partial charge is 0.326 e. The van der Waals surface area contributed by atoms with Gasteiger partial charge in [0.1, 0.15) is 5.82 Å². The first-order valence-electron chi connectivity index (χ1n) is 5.58. The van der Waals surface area contributed by atoms with Crippen LogP contribution in [-0.2, 0) is 9.59 Å². The topological polar surface area (TPSA) is 84.2 Å². The highest BCUT2D eigenvalue weighted by Crippen LogP contribution is 2.33. The molecule has 1 aromatic rings. The summed E-state index contributed by atoms with van der Waals surface area (Å²) in [7, 11) is 0. The molecule has 2 amide bonds. The number of carbonyl (C=O) groups is 2. The van der Waals surface area contributed by atoms with E-state index in [0.29, 0.717) is 18.5 Å². The predicted molar refractivity (Wildman–Crippen MR) is 65.5 cm³/mol. The molecule has 0 aromatic heterocycles. The van der Waals surface area contributed by atoms with Gasteiger partial charge in [-0.25, -0.2) is 4.39 Å². The van der Waals surface area contributed by atoms with Crippen molar-refractivity contribution < 1.29 is 14.0 Å². The van der Waals surface area contributed by atoms with Crippen LogP contribution >= 0.6 is 0 Å². The molecule has 1 fully saturated rings. The quantitative estimate of drug-likeness (QED) is 0.755. The van der Waals surface area contributed by atoms with E-state index < -0.39 is 17.3 Å². The van der Waals surface area contributed by atoms with E-state index in [1.807, 2.05) is 0 Å². The lowest BCUT2D eigenvalue weighted by Gasteiger charge is -2.12. The third kappa shape index (κ3) is 2.65. The number of nitrogens with one attached hydrogen (secondary N) is 2. The van der Waals surface area contributed by atoms with Gasteiger partial charge >= 0.3 is 0 Å². The van der Waals surface area contributed by atoms with Crippen molar-refractivity contribution in [2.24, 2.45) is 5.73 Å². The molecule has 0 aliphatic heterocycles. The van der Waals surface area contributed by atoms with Crippen molar-refractivity contribution in [2.75, 3.05) is 10.6 Å². The second kappa shape index (κ2) is 4.38. The monoisotopic (exact) mass is 251 g/mol. The highest BCUT2D eigenvalue weighted by Gasteiger charge is 2.46. The van der Waals surface area contributed by atoms with Crippen LogP contribution in [0.15, 0.2) is 18.2 Å². The summed E-state index contributed by atoms with van der Waals surface area (Å²) in [5, 5.41) is 4.95. The maximum absolute atomic E-state index is 13.5. The molecule has 0 heterocycles. The third-order valence-corrected chi connectivity index (χ3v) is 2.78. The minimum Gasteiger partial charge on any atom is -0.326 e. The molecule has 6 heteroatoms. The highest BCUT2D eigenvalue weighted by molar-refractivity contribution is 6.00. The number of amides is 2. The molecule has 0 unspecified atom stereocenters. The van der Waals surface area contributed by atoms with E-state index in [1.54, 1.807) is 0 Å². The Labute approximate surface area is 104 Å². The summed E-state index contributed by atoms with van der Waals surface area (Å²) in [5.74, 6) is -1.24. The fourth-order valence-electron chi connectivity index (χ4n) is 1.51. The zero-order valence-corrected chi connectivity index (χ0v) is 9.92. The normalized spacial score (nSPS) is 15.9. The Balaban J connectivity index is 2.16. The Hall–Kier alpha value is -1.95. The molecule has 2 rings (SSSR count). The van der Waals surface area contributed by atoms with Crippen LogP contribution in [-0.4, -0.2) is 17.4 Å². The molecule has 4 N–H and O–H groups in total. The summed E-state index contributed by atoms with van der Waals surface area (Å²) >= 11 is 0. The molecule has 0 atom stereocenters. The second-order valence-electron chi connectivity index (χ2n) is 4.49. The lowest BCUT2D eigenvalue weighted by atomic mass is 10.2. The van der Waals surface area contributed by atoms with E-state index in [-0.39, 0.29) is 11.6 Å². The summed E-state index contributed by atoms with van der Waals surface area (Å²) in [6.07, 6.45) is 1.21. The number of carbonyl (C=O) groups excluding carboxylic acids is 2. The fourth-order valence-corrected chi connectivity index (χ4v) is 1.51. The number of hydrogen-bond acceptors (Lipinski definition) is 3. The van der Waals surface area contributed by atoms with Gasteiger partial charge in [-0.15, -0.1) is 0 Å². The molecule has 5 nitrogen and oxygen atoms in total. The SMILES string of the molecule is CC(=O)Nc1ccc(F)c(NC(=O)C2(N)CC2)c1. The number of halogens is 1. The third-order valence-electron chi connectivity index (χ3n) is 2.78. The van der Waals surface area contributed by atoms with Crippen LogP contribution in [0, 0.1) is 5.82 Å². The number of anilines is 2. The Kier molecular flexibility index (Phi) is 3.04. The number of benzene rings is 1. The molecule has 0 spiro atoms. The van der Waals surface area contributed by atoms with Gasteiger partial charge in [0, 0.05) is 12.6 Å². The van der Waals surface area contributed by atoms with Crippen LogP contribution in [0.4, 0.5) is 15.8 Å². The molecular weight excluding hydrogens is 237 g/mol. The summed E-state index contributed by atoms with van der Waals surface area (Å²) in [6.45, 7) is 1.35. The van der Waals surface area contributed by atoms with E-state index in [0.717, 1.165) is 0 Å². The van der Waals surface area contributed by atoms with Crippen LogP contribution in [0.3, 0.4) is 0 Å². The maximum atomic E-state index is 13.5. The minimum absolute atomic E-state index is 0.0166. The average Bonchev–Trinajstić information content (AvgIpc) is 3.02. The summed E-state index contributed by atoms with van der Waals surface area (Å²) in [6, 6.07) is 3.96. The Bertz CT molecular complexity index is 512. The lowest BCUT2D eigenvalue weighted by Crippen LogP contribution is -2.38. The van der Waals surface area contributed by atoms with Crippen molar-refractivity contribution in [3.63, 3.8) is 0 Å². The molecule has 1 aliphatic carbocycles. The lowest BCUT2D eigenvalue weighted by molar-refractivity contribution is -0.118. The average molecular weight is 251 g/mol. The maximum Gasteiger partial charge on any atom is 0.244 e. The highest BCUT2D eigenvalue weighted by atomic mass is 19.1. The molecule has 0 bridgehead atoms. The smallest absolute Gasteiger partial charge is 0.244 e. The zero-order valence-electron chi connectivity index (χ0n) is 9.92. The standard InChI is InChI=1S/C12H14FN3O2/c1-7(17)15-8-2-3-9(13)10(6-8)16-11(18)12(14)4-5-12/h2-3,6H,4-5,14H2,1H3,(H,15,17)(H,16,18). The summed E-state index contributed by atoms with van der Waals surface area (Å²) in [5.41, 5.74) is 5.27. The van der Waals surface area contributed by atoms with E-state index >= 15 is 0 Å². The number of nitrogens with two attached hydrogens (primary N) is 1. The zero-order chi connectivity index (χ0) is 13.3. The van der Waals surface area contributed by atoms with Crippen molar-refractivity contribution in [1.29, 1.82) is 0 Å². The Morgan fingerprint density at radius 1 is 1.33 bits per heavy atom. The predicted octanol–water partition coefficient (Wildman–Crippen LogP) is 1.21. The molecule has 1 saturated carbocycles. The fraction of sp³-hybridized carbons (Fsp3) is 0.333. The van der Waals surface area contributed by atoms with Crippen LogP contribution in [0.5, 0.6) is 0 Å². The van der Waals surface area contributed by atoms with Gasteiger partial charge in [0.15, 0.2) is 0 Å². The molecule has 0 saturated heterocycles. The first kappa shape index (κ1) is 12.5. The van der Waals surface area contributed by atoms with Crippen LogP contribution < -0.4 is 16.4 Å². The molecule has 1 aliphatic rings. The molecule has 0 radical (unpaired) electrons. The summed E-state index contributed by atoms with van der Waals surface area (Å²) in [4.78, 5) is 22.6. The molecule has 1 aromatic carbocycles. The van der Waals surface area contributed by atoms with Crippen molar-refractivity contribution in [3.05, 3.63) is 24.0 Å². The summed E-state index contributed by atoms with van der Waals surface area (Å²) < 4.78 is 13.5. The van der Waals surface area contributed by atoms with Gasteiger partial charge in [-0.2, -0.15) is 0 Å². The van der Waals surface area contributed by atoms with Gasteiger partial charge in [-0.05, 0) is 31.0 Å². The minimum atomic E-state index is -0.865. The first-order chi connectivity index (χ1) is 8.40. The number of rotatable bonds is 3. The van der Waals surface area contributed by atoms with Crippen LogP contribution in [0.2, 0.25) is 0 Å². The Morgan fingerprint density at radius 2 is 2.00 bits per heavy atom. The Morgan fingerprint density at radius 3 is 2.56 bits per heavy atom. The van der Waals surface area contributed by atoms with Crippen molar-refractivity contribution in [1.82, 2.24) is 0 Å². The molecule has 18 heavy (non-hydrogen) atoms. The van der Waals surface area contributed by atoms with E-state index in [2.05, 4.69) is 10.6 Å².